The first-order chi connectivity index (χ1) is 5.54. The molecule has 0 aliphatic carbocycles. The van der Waals surface area contributed by atoms with Crippen LogP contribution in [0.3, 0.4) is 0 Å². The Bertz CT molecular complexity index is 307. The van der Waals surface area contributed by atoms with Gasteiger partial charge in [-0.25, -0.2) is 4.79 Å². The van der Waals surface area contributed by atoms with Gasteiger partial charge in [-0.3, -0.25) is 4.57 Å². The molecule has 1 aromatic heterocycles. The number of rotatable bonds is 2. The van der Waals surface area contributed by atoms with Crippen LogP contribution in [0.15, 0.2) is 11.0 Å². The lowest BCUT2D eigenvalue weighted by Gasteiger charge is -2.12. The summed E-state index contributed by atoms with van der Waals surface area (Å²) in [5.74, 6) is 0.395. The Labute approximate surface area is 72.4 Å². The smallest absolute Gasteiger partial charge is 0.312 e. The van der Waals surface area contributed by atoms with Crippen molar-refractivity contribution in [2.45, 2.75) is 39.7 Å². The molecule has 12 heavy (non-hydrogen) atoms. The average molecular weight is 168 g/mol. The molecule has 0 bridgehead atoms. The predicted octanol–water partition coefficient (Wildman–Crippen LogP) is 1.88. The third-order valence-electron chi connectivity index (χ3n) is 1.95. The molecule has 0 spiro atoms. The Kier molecular flexibility index (Phi) is 2.40. The van der Waals surface area contributed by atoms with Gasteiger partial charge in [-0.2, -0.15) is 0 Å². The van der Waals surface area contributed by atoms with Gasteiger partial charge in [0, 0.05) is 17.9 Å². The Morgan fingerprint density at radius 1 is 1.33 bits per heavy atom. The highest BCUT2D eigenvalue weighted by Crippen LogP contribution is 2.14. The van der Waals surface area contributed by atoms with Crippen LogP contribution in [0.4, 0.5) is 0 Å². The van der Waals surface area contributed by atoms with Gasteiger partial charge in [-0.1, -0.05) is 13.8 Å². The predicted molar refractivity (Wildman–Crippen MR) is 49.5 cm³/mol. The molecule has 1 heterocycles. The van der Waals surface area contributed by atoms with E-state index < -0.39 is 0 Å². The van der Waals surface area contributed by atoms with Gasteiger partial charge in [0.25, 0.3) is 0 Å². The van der Waals surface area contributed by atoms with Crippen molar-refractivity contribution in [3.8, 4) is 0 Å². The highest BCUT2D eigenvalue weighted by atomic mass is 16.1. The Hall–Kier alpha value is -0.990. The Morgan fingerprint density at radius 2 is 1.92 bits per heavy atom. The summed E-state index contributed by atoms with van der Waals surface area (Å²) in [5.41, 5.74) is 1.07. The van der Waals surface area contributed by atoms with Crippen molar-refractivity contribution in [3.05, 3.63) is 22.4 Å². The summed E-state index contributed by atoms with van der Waals surface area (Å²) in [4.78, 5) is 14.0. The van der Waals surface area contributed by atoms with E-state index >= 15 is 0 Å². The molecule has 0 fully saturated rings. The van der Waals surface area contributed by atoms with Crippen molar-refractivity contribution >= 4 is 0 Å². The van der Waals surface area contributed by atoms with Crippen molar-refractivity contribution in [2.75, 3.05) is 0 Å². The summed E-state index contributed by atoms with van der Waals surface area (Å²) >= 11 is 0. The van der Waals surface area contributed by atoms with Gasteiger partial charge in [-0.05, 0) is 19.8 Å². The van der Waals surface area contributed by atoms with Gasteiger partial charge < -0.3 is 4.98 Å². The zero-order valence-electron chi connectivity index (χ0n) is 8.09. The summed E-state index contributed by atoms with van der Waals surface area (Å²) in [7, 11) is 0. The third-order valence-corrected chi connectivity index (χ3v) is 1.95. The highest BCUT2D eigenvalue weighted by Gasteiger charge is 2.11. The number of aromatic nitrogens is 2. The molecular formula is C9H16N2O. The zero-order chi connectivity index (χ0) is 9.30. The minimum Gasteiger partial charge on any atom is -0.312 e. The highest BCUT2D eigenvalue weighted by molar-refractivity contribution is 5.04. The summed E-state index contributed by atoms with van der Waals surface area (Å²) in [6.45, 7) is 8.20. The van der Waals surface area contributed by atoms with Crippen molar-refractivity contribution < 1.29 is 0 Å². The van der Waals surface area contributed by atoms with Crippen LogP contribution in [0.1, 0.15) is 45.3 Å². The summed E-state index contributed by atoms with van der Waals surface area (Å²) in [5, 5.41) is 0. The second kappa shape index (κ2) is 3.17. The van der Waals surface area contributed by atoms with Crippen molar-refractivity contribution in [2.24, 2.45) is 0 Å². The molecule has 1 aromatic rings. The van der Waals surface area contributed by atoms with E-state index in [4.69, 9.17) is 0 Å². The number of aromatic amines is 1. The topological polar surface area (TPSA) is 37.8 Å². The SMILES string of the molecule is CC(C)c1c[nH]c(=O)n1C(C)C. The van der Waals surface area contributed by atoms with Crippen LogP contribution in [-0.4, -0.2) is 9.55 Å². The van der Waals surface area contributed by atoms with Crippen LogP contribution in [0.5, 0.6) is 0 Å². The lowest BCUT2D eigenvalue weighted by atomic mass is 10.1. The van der Waals surface area contributed by atoms with Gasteiger partial charge in [0.05, 0.1) is 0 Å². The molecule has 0 radical (unpaired) electrons. The molecule has 0 saturated heterocycles. The molecule has 0 aliphatic heterocycles. The monoisotopic (exact) mass is 168 g/mol. The molecule has 0 atom stereocenters. The summed E-state index contributed by atoms with van der Waals surface area (Å²) < 4.78 is 1.80. The molecule has 1 N–H and O–H groups in total. The fourth-order valence-electron chi connectivity index (χ4n) is 1.37. The van der Waals surface area contributed by atoms with E-state index in [9.17, 15) is 4.79 Å². The number of hydrogen-bond acceptors (Lipinski definition) is 1. The molecule has 1 rings (SSSR count). The van der Waals surface area contributed by atoms with Crippen LogP contribution >= 0.6 is 0 Å². The molecule has 0 saturated carbocycles. The van der Waals surface area contributed by atoms with E-state index in [-0.39, 0.29) is 11.7 Å². The molecular weight excluding hydrogens is 152 g/mol. The molecule has 0 aliphatic rings. The van der Waals surface area contributed by atoms with E-state index in [0.29, 0.717) is 5.92 Å². The van der Waals surface area contributed by atoms with Gasteiger partial charge >= 0.3 is 5.69 Å². The molecule has 0 amide bonds. The van der Waals surface area contributed by atoms with Crippen LogP contribution in [0, 0.1) is 0 Å². The van der Waals surface area contributed by atoms with Crippen LogP contribution < -0.4 is 5.69 Å². The van der Waals surface area contributed by atoms with E-state index in [0.717, 1.165) is 5.69 Å². The molecule has 3 heteroatoms. The second-order valence-corrected chi connectivity index (χ2v) is 3.64. The first kappa shape index (κ1) is 9.10. The van der Waals surface area contributed by atoms with Crippen molar-refractivity contribution in [3.63, 3.8) is 0 Å². The minimum atomic E-state index is -0.00583. The number of nitrogens with one attached hydrogen (secondary N) is 1. The van der Waals surface area contributed by atoms with Gasteiger partial charge in [0.1, 0.15) is 0 Å². The first-order valence-corrected chi connectivity index (χ1v) is 4.33. The molecule has 0 aromatic carbocycles. The van der Waals surface area contributed by atoms with Crippen molar-refractivity contribution in [1.29, 1.82) is 0 Å². The number of H-pyrrole nitrogens is 1. The van der Waals surface area contributed by atoms with E-state index in [1.807, 2.05) is 13.8 Å². The standard InChI is InChI=1S/C9H16N2O/c1-6(2)8-5-10-9(12)11(8)7(3)4/h5-7H,1-4H3,(H,10,12). The summed E-state index contributed by atoms with van der Waals surface area (Å²) in [6, 6.07) is 0.237. The quantitative estimate of drug-likeness (QED) is 0.719. The Balaban J connectivity index is 3.22. The van der Waals surface area contributed by atoms with Crippen LogP contribution in [0.2, 0.25) is 0 Å². The maximum absolute atomic E-state index is 11.3. The Morgan fingerprint density at radius 3 is 2.25 bits per heavy atom. The fraction of sp³-hybridized carbons (Fsp3) is 0.667. The molecule has 68 valence electrons. The maximum atomic E-state index is 11.3. The van der Waals surface area contributed by atoms with E-state index in [2.05, 4.69) is 18.8 Å². The molecule has 3 nitrogen and oxygen atoms in total. The first-order valence-electron chi connectivity index (χ1n) is 4.33. The number of hydrogen-bond donors (Lipinski definition) is 1. The van der Waals surface area contributed by atoms with Gasteiger partial charge in [-0.15, -0.1) is 0 Å². The zero-order valence-corrected chi connectivity index (χ0v) is 8.09. The largest absolute Gasteiger partial charge is 0.325 e. The van der Waals surface area contributed by atoms with Crippen LogP contribution in [-0.2, 0) is 0 Å². The average Bonchev–Trinajstić information content (AvgIpc) is 2.30. The maximum Gasteiger partial charge on any atom is 0.325 e. The third kappa shape index (κ3) is 1.44. The lowest BCUT2D eigenvalue weighted by molar-refractivity contribution is 0.542. The lowest BCUT2D eigenvalue weighted by Crippen LogP contribution is -2.21. The van der Waals surface area contributed by atoms with Gasteiger partial charge in [0.15, 0.2) is 0 Å². The number of imidazole rings is 1. The number of nitrogens with zero attached hydrogens (tertiary/aromatic N) is 1. The minimum absolute atomic E-state index is 0.00583. The normalized spacial score (nSPS) is 11.5. The van der Waals surface area contributed by atoms with Gasteiger partial charge in [0.2, 0.25) is 0 Å². The van der Waals surface area contributed by atoms with E-state index in [1.54, 1.807) is 10.8 Å². The summed E-state index contributed by atoms with van der Waals surface area (Å²) in [6.07, 6.45) is 1.80. The molecule has 0 unspecified atom stereocenters. The fourth-order valence-corrected chi connectivity index (χ4v) is 1.37. The van der Waals surface area contributed by atoms with Crippen LogP contribution in [0.25, 0.3) is 0 Å². The van der Waals surface area contributed by atoms with E-state index in [1.165, 1.54) is 0 Å². The van der Waals surface area contributed by atoms with Crippen molar-refractivity contribution in [1.82, 2.24) is 9.55 Å². The second-order valence-electron chi connectivity index (χ2n) is 3.64.